The van der Waals surface area contributed by atoms with Crippen LogP contribution in [0.3, 0.4) is 0 Å². The number of rotatable bonds is 4. The number of anilines is 2. The van der Waals surface area contributed by atoms with Crippen LogP contribution in [0.25, 0.3) is 0 Å². The molecule has 160 valence electrons. The minimum absolute atomic E-state index is 0.111. The smallest absolute Gasteiger partial charge is 0.255 e. The third kappa shape index (κ3) is 3.20. The Bertz CT molecular complexity index is 1040. The summed E-state index contributed by atoms with van der Waals surface area (Å²) in [6.45, 7) is 2.04. The molecule has 0 unspecified atom stereocenters. The number of para-hydroxylation sites is 1. The maximum Gasteiger partial charge on any atom is 0.255 e. The third-order valence-corrected chi connectivity index (χ3v) is 10.2. The number of nitrogens with zero attached hydrogens (tertiary/aromatic N) is 1. The van der Waals surface area contributed by atoms with Gasteiger partial charge in [-0.15, -0.1) is 0 Å². The molecular formula is C24H22Br2N2O3. The molecular weight excluding hydrogens is 524 g/mol. The molecule has 1 aliphatic heterocycles. The number of halogens is 2. The number of imide groups is 1. The molecule has 2 bridgehead atoms. The Labute approximate surface area is 197 Å². The van der Waals surface area contributed by atoms with Gasteiger partial charge in [0.15, 0.2) is 0 Å². The van der Waals surface area contributed by atoms with Crippen LogP contribution in [0, 0.1) is 23.7 Å². The summed E-state index contributed by atoms with van der Waals surface area (Å²) >= 11 is 7.42. The molecule has 6 atom stereocenters. The standard InChI is InChI=1S/C24H22Br2N2O3/c1-2-12-5-3-4-6-17(12)27-22(29)13-7-9-14(10-8-13)28-23(30)18-15-11-16(19(18)24(28)31)21(26)20(15)25/h3-10,15-16,18-21H,2,11H2,1H3,(H,27,29)/t15-,16-,18-,19+,20-,21+/m1/s1. The van der Waals surface area contributed by atoms with Crippen molar-refractivity contribution >= 4 is 61.0 Å². The Kier molecular flexibility index (Phi) is 5.29. The third-order valence-electron chi connectivity index (χ3n) is 7.02. The topological polar surface area (TPSA) is 66.5 Å². The van der Waals surface area contributed by atoms with E-state index < -0.39 is 0 Å². The highest BCUT2D eigenvalue weighted by atomic mass is 79.9. The van der Waals surface area contributed by atoms with E-state index in [1.54, 1.807) is 24.3 Å². The van der Waals surface area contributed by atoms with Crippen LogP contribution in [0.5, 0.6) is 0 Å². The van der Waals surface area contributed by atoms with Gasteiger partial charge >= 0.3 is 0 Å². The van der Waals surface area contributed by atoms with E-state index >= 15 is 0 Å². The summed E-state index contributed by atoms with van der Waals surface area (Å²) < 4.78 is 0. The van der Waals surface area contributed by atoms with Crippen molar-refractivity contribution in [2.24, 2.45) is 23.7 Å². The molecule has 3 fully saturated rings. The minimum Gasteiger partial charge on any atom is -0.322 e. The van der Waals surface area contributed by atoms with Crippen LogP contribution in [0.2, 0.25) is 0 Å². The molecule has 1 N–H and O–H groups in total. The zero-order valence-corrected chi connectivity index (χ0v) is 20.1. The van der Waals surface area contributed by atoms with Gasteiger partial charge in [0, 0.05) is 20.9 Å². The molecule has 31 heavy (non-hydrogen) atoms. The first kappa shape index (κ1) is 20.9. The van der Waals surface area contributed by atoms with E-state index in [9.17, 15) is 14.4 Å². The Morgan fingerprint density at radius 2 is 1.55 bits per heavy atom. The number of hydrogen-bond donors (Lipinski definition) is 1. The van der Waals surface area contributed by atoms with Crippen molar-refractivity contribution in [1.29, 1.82) is 0 Å². The lowest BCUT2D eigenvalue weighted by Crippen LogP contribution is -2.37. The van der Waals surface area contributed by atoms with Crippen LogP contribution in [-0.4, -0.2) is 27.4 Å². The summed E-state index contributed by atoms with van der Waals surface area (Å²) in [5.41, 5.74) is 2.87. The number of aryl methyl sites for hydroxylation is 1. The normalized spacial score (nSPS) is 31.3. The van der Waals surface area contributed by atoms with Crippen LogP contribution >= 0.6 is 31.9 Å². The Balaban J connectivity index is 1.35. The van der Waals surface area contributed by atoms with Gasteiger partial charge in [0.2, 0.25) is 11.8 Å². The van der Waals surface area contributed by atoms with Gasteiger partial charge in [-0.05, 0) is 60.6 Å². The first-order chi connectivity index (χ1) is 14.9. The fraction of sp³-hybridized carbons (Fsp3) is 0.375. The first-order valence-corrected chi connectivity index (χ1v) is 12.4. The molecule has 1 heterocycles. The zero-order chi connectivity index (χ0) is 21.9. The van der Waals surface area contributed by atoms with Crippen molar-refractivity contribution in [2.45, 2.75) is 29.4 Å². The molecule has 2 aliphatic carbocycles. The summed E-state index contributed by atoms with van der Waals surface area (Å²) in [7, 11) is 0. The summed E-state index contributed by atoms with van der Waals surface area (Å²) in [5.74, 6) is -0.561. The van der Waals surface area contributed by atoms with Crippen LogP contribution in [0.4, 0.5) is 11.4 Å². The lowest BCUT2D eigenvalue weighted by molar-refractivity contribution is -0.123. The fourth-order valence-electron chi connectivity index (χ4n) is 5.51. The van der Waals surface area contributed by atoms with Gasteiger partial charge in [0.05, 0.1) is 17.5 Å². The highest BCUT2D eigenvalue weighted by molar-refractivity contribution is 9.12. The Morgan fingerprint density at radius 1 is 0.968 bits per heavy atom. The highest BCUT2D eigenvalue weighted by Gasteiger charge is 2.66. The lowest BCUT2D eigenvalue weighted by Gasteiger charge is -2.28. The van der Waals surface area contributed by atoms with E-state index in [0.717, 1.165) is 24.1 Å². The van der Waals surface area contributed by atoms with E-state index in [-0.39, 0.29) is 51.0 Å². The van der Waals surface area contributed by atoms with Crippen LogP contribution < -0.4 is 10.2 Å². The number of carbonyl (C=O) groups is 3. The van der Waals surface area contributed by atoms with Gasteiger partial charge in [-0.25, -0.2) is 0 Å². The second-order valence-corrected chi connectivity index (χ2v) is 10.6. The Morgan fingerprint density at radius 3 is 2.13 bits per heavy atom. The first-order valence-electron chi connectivity index (χ1n) is 10.6. The SMILES string of the molecule is CCc1ccccc1NC(=O)c1ccc(N2C(=O)[C@@H]3[C@H]4C[C@@H]([C@H](Br)[C@@H]4Br)[C@@H]3C2=O)cc1. The van der Waals surface area contributed by atoms with Gasteiger partial charge in [0.25, 0.3) is 5.91 Å². The predicted octanol–water partition coefficient (Wildman–Crippen LogP) is 4.78. The van der Waals surface area contributed by atoms with E-state index in [0.29, 0.717) is 11.3 Å². The lowest BCUT2D eigenvalue weighted by atomic mass is 9.81. The van der Waals surface area contributed by atoms with Gasteiger partial charge in [0.1, 0.15) is 0 Å². The summed E-state index contributed by atoms with van der Waals surface area (Å²) in [6.07, 6.45) is 1.73. The van der Waals surface area contributed by atoms with Gasteiger partial charge in [-0.1, -0.05) is 57.0 Å². The van der Waals surface area contributed by atoms with Gasteiger partial charge in [-0.2, -0.15) is 0 Å². The minimum atomic E-state index is -0.246. The molecule has 3 amide bonds. The number of fused-ring (bicyclic) bond motifs is 5. The predicted molar refractivity (Wildman–Crippen MR) is 127 cm³/mol. The van der Waals surface area contributed by atoms with E-state index in [1.807, 2.05) is 31.2 Å². The molecule has 7 heteroatoms. The van der Waals surface area contributed by atoms with Crippen LogP contribution in [0.1, 0.15) is 29.3 Å². The highest BCUT2D eigenvalue weighted by Crippen LogP contribution is 2.60. The zero-order valence-electron chi connectivity index (χ0n) is 16.9. The summed E-state index contributed by atoms with van der Waals surface area (Å²) in [4.78, 5) is 40.8. The quantitative estimate of drug-likeness (QED) is 0.444. The summed E-state index contributed by atoms with van der Waals surface area (Å²) in [5, 5.41) is 2.95. The van der Waals surface area contributed by atoms with Crippen LogP contribution in [-0.2, 0) is 16.0 Å². The molecule has 2 aromatic carbocycles. The number of nitrogens with one attached hydrogen (secondary N) is 1. The number of amides is 3. The molecule has 2 aromatic rings. The van der Waals surface area contributed by atoms with E-state index in [2.05, 4.69) is 37.2 Å². The van der Waals surface area contributed by atoms with Crippen molar-refractivity contribution in [3.05, 3.63) is 59.7 Å². The monoisotopic (exact) mass is 544 g/mol. The number of hydrogen-bond acceptors (Lipinski definition) is 3. The van der Waals surface area contributed by atoms with Crippen molar-refractivity contribution in [1.82, 2.24) is 0 Å². The molecule has 5 nitrogen and oxygen atoms in total. The van der Waals surface area contributed by atoms with Gasteiger partial charge in [-0.3, -0.25) is 19.3 Å². The Hall–Kier alpha value is -1.99. The molecule has 0 radical (unpaired) electrons. The van der Waals surface area contributed by atoms with Crippen molar-refractivity contribution in [2.75, 3.05) is 10.2 Å². The second kappa shape index (κ2) is 7.85. The van der Waals surface area contributed by atoms with Crippen molar-refractivity contribution < 1.29 is 14.4 Å². The molecule has 0 spiro atoms. The van der Waals surface area contributed by atoms with Crippen LogP contribution in [0.15, 0.2) is 48.5 Å². The molecule has 5 rings (SSSR count). The second-order valence-electron chi connectivity index (χ2n) is 8.53. The molecule has 2 saturated carbocycles. The van der Waals surface area contributed by atoms with Gasteiger partial charge < -0.3 is 5.32 Å². The fourth-order valence-corrected chi connectivity index (χ4v) is 7.38. The average Bonchev–Trinajstić information content (AvgIpc) is 3.39. The molecule has 0 aromatic heterocycles. The number of alkyl halides is 2. The molecule has 3 aliphatic rings. The van der Waals surface area contributed by atoms with Crippen molar-refractivity contribution in [3.63, 3.8) is 0 Å². The van der Waals surface area contributed by atoms with E-state index in [1.165, 1.54) is 4.90 Å². The number of carbonyl (C=O) groups excluding carboxylic acids is 3. The summed E-state index contributed by atoms with van der Waals surface area (Å²) in [6, 6.07) is 14.4. The molecule has 1 saturated heterocycles. The maximum absolute atomic E-state index is 13.2. The average molecular weight is 546 g/mol. The maximum atomic E-state index is 13.2. The largest absolute Gasteiger partial charge is 0.322 e. The number of benzene rings is 2. The van der Waals surface area contributed by atoms with E-state index in [4.69, 9.17) is 0 Å². The van der Waals surface area contributed by atoms with Crippen molar-refractivity contribution in [3.8, 4) is 0 Å².